The van der Waals surface area contributed by atoms with E-state index in [0.717, 1.165) is 37.1 Å². The predicted molar refractivity (Wildman–Crippen MR) is 73.2 cm³/mol. The summed E-state index contributed by atoms with van der Waals surface area (Å²) in [7, 11) is 0. The molecule has 88 valence electrons. The molecule has 1 aliphatic carbocycles. The second kappa shape index (κ2) is 6.33. The lowest BCUT2D eigenvalue weighted by Crippen LogP contribution is -2.31. The van der Waals surface area contributed by atoms with Crippen molar-refractivity contribution in [1.29, 1.82) is 0 Å². The maximum Gasteiger partial charge on any atom is 0.184 e. The van der Waals surface area contributed by atoms with Gasteiger partial charge in [-0.25, -0.2) is 0 Å². The minimum atomic E-state index is 0.139. The van der Waals surface area contributed by atoms with Crippen molar-refractivity contribution in [2.75, 3.05) is 0 Å². The van der Waals surface area contributed by atoms with Crippen molar-refractivity contribution in [3.63, 3.8) is 0 Å². The zero-order valence-electron chi connectivity index (χ0n) is 8.69. The molecule has 0 saturated heterocycles. The van der Waals surface area contributed by atoms with Crippen LogP contribution in [0.25, 0.3) is 0 Å². The van der Waals surface area contributed by atoms with Crippen molar-refractivity contribution in [3.8, 4) is 0 Å². The minimum Gasteiger partial charge on any atom is -0.375 e. The van der Waals surface area contributed by atoms with Crippen molar-refractivity contribution in [2.45, 2.75) is 25.7 Å². The van der Waals surface area contributed by atoms with Crippen molar-refractivity contribution >= 4 is 46.1 Å². The van der Waals surface area contributed by atoms with E-state index < -0.39 is 0 Å². The summed E-state index contributed by atoms with van der Waals surface area (Å²) in [6.45, 7) is 0. The molecule has 6 nitrogen and oxygen atoms in total. The van der Waals surface area contributed by atoms with Gasteiger partial charge in [0.1, 0.15) is 0 Å². The lowest BCUT2D eigenvalue weighted by molar-refractivity contribution is 0.765. The molecule has 1 aliphatic rings. The quantitative estimate of drug-likeness (QED) is 0.409. The molecule has 6 N–H and O–H groups in total. The molecule has 0 aromatic carbocycles. The monoisotopic (exact) mass is 258 g/mol. The van der Waals surface area contributed by atoms with Crippen molar-refractivity contribution < 1.29 is 0 Å². The van der Waals surface area contributed by atoms with Gasteiger partial charge in [-0.2, -0.15) is 10.2 Å². The molecule has 8 heteroatoms. The van der Waals surface area contributed by atoms with Crippen LogP contribution in [0, 0.1) is 0 Å². The minimum absolute atomic E-state index is 0.139. The number of thiocarbonyl (C=S) groups is 2. The zero-order chi connectivity index (χ0) is 12.0. The van der Waals surface area contributed by atoms with Crippen molar-refractivity contribution in [2.24, 2.45) is 21.7 Å². The molecule has 16 heavy (non-hydrogen) atoms. The van der Waals surface area contributed by atoms with Gasteiger partial charge in [-0.1, -0.05) is 0 Å². The van der Waals surface area contributed by atoms with E-state index in [0.29, 0.717) is 0 Å². The Labute approximate surface area is 105 Å². The highest BCUT2D eigenvalue weighted by Gasteiger charge is 2.15. The Morgan fingerprint density at radius 2 is 1.31 bits per heavy atom. The van der Waals surface area contributed by atoms with Gasteiger partial charge in [0.2, 0.25) is 0 Å². The van der Waals surface area contributed by atoms with E-state index in [9.17, 15) is 0 Å². The molecule has 0 spiro atoms. The van der Waals surface area contributed by atoms with Crippen LogP contribution in [0.1, 0.15) is 25.7 Å². The normalized spacial score (nSPS) is 20.8. The van der Waals surface area contributed by atoms with Crippen LogP contribution in [0.3, 0.4) is 0 Å². The van der Waals surface area contributed by atoms with Crippen molar-refractivity contribution in [3.05, 3.63) is 0 Å². The van der Waals surface area contributed by atoms with E-state index in [1.165, 1.54) is 0 Å². The number of nitrogens with one attached hydrogen (secondary N) is 2. The summed E-state index contributed by atoms with van der Waals surface area (Å²) in [5, 5.41) is 8.45. The number of rotatable bonds is 2. The van der Waals surface area contributed by atoms with Crippen LogP contribution in [-0.2, 0) is 0 Å². The average Bonchev–Trinajstić information content (AvgIpc) is 2.24. The van der Waals surface area contributed by atoms with Crippen LogP contribution in [0.4, 0.5) is 0 Å². The van der Waals surface area contributed by atoms with Crippen LogP contribution >= 0.6 is 24.4 Å². The summed E-state index contributed by atoms with van der Waals surface area (Å²) < 4.78 is 0. The first-order chi connectivity index (χ1) is 7.59. The first-order valence-corrected chi connectivity index (χ1v) is 5.65. The van der Waals surface area contributed by atoms with Gasteiger partial charge in [-0.3, -0.25) is 10.9 Å². The average molecular weight is 258 g/mol. The predicted octanol–water partition coefficient (Wildman–Crippen LogP) is -0.0612. The molecule has 0 bridgehead atoms. The summed E-state index contributed by atoms with van der Waals surface area (Å²) in [5.74, 6) is 0. The molecular weight excluding hydrogens is 244 g/mol. The highest BCUT2D eigenvalue weighted by molar-refractivity contribution is 7.80. The maximum atomic E-state index is 5.29. The molecule has 1 saturated carbocycles. The molecule has 0 aliphatic heterocycles. The van der Waals surface area contributed by atoms with Gasteiger partial charge in [0.25, 0.3) is 0 Å². The third-order valence-electron chi connectivity index (χ3n) is 2.01. The second-order valence-electron chi connectivity index (χ2n) is 3.28. The topological polar surface area (TPSA) is 101 Å². The summed E-state index contributed by atoms with van der Waals surface area (Å²) in [6, 6.07) is 0. The smallest absolute Gasteiger partial charge is 0.184 e. The van der Waals surface area contributed by atoms with Gasteiger partial charge in [0.05, 0.1) is 11.4 Å². The van der Waals surface area contributed by atoms with Crippen LogP contribution in [-0.4, -0.2) is 21.6 Å². The Kier molecular flexibility index (Phi) is 5.06. The lowest BCUT2D eigenvalue weighted by atomic mass is 9.96. The summed E-state index contributed by atoms with van der Waals surface area (Å²) in [6.07, 6.45) is 3.83. The number of nitrogens with two attached hydrogens (primary N) is 2. The Morgan fingerprint density at radius 1 is 0.938 bits per heavy atom. The van der Waals surface area contributed by atoms with E-state index in [1.54, 1.807) is 0 Å². The summed E-state index contributed by atoms with van der Waals surface area (Å²) in [5.41, 5.74) is 17.4. The Hall–Kier alpha value is -1.28. The molecule has 0 amide bonds. The highest BCUT2D eigenvalue weighted by atomic mass is 32.1. The maximum absolute atomic E-state index is 5.29. The van der Waals surface area contributed by atoms with E-state index in [2.05, 4.69) is 45.5 Å². The first kappa shape index (κ1) is 12.8. The fourth-order valence-corrected chi connectivity index (χ4v) is 1.45. The third kappa shape index (κ3) is 4.49. The Bertz CT molecular complexity index is 314. The van der Waals surface area contributed by atoms with Gasteiger partial charge >= 0.3 is 0 Å². The zero-order valence-corrected chi connectivity index (χ0v) is 10.3. The van der Waals surface area contributed by atoms with Gasteiger partial charge in [-0.15, -0.1) is 0 Å². The molecule has 0 atom stereocenters. The van der Waals surface area contributed by atoms with Crippen LogP contribution in [0.5, 0.6) is 0 Å². The molecule has 0 heterocycles. The molecular formula is C8H14N6S2. The SMILES string of the molecule is NC(=S)NN=C1CCCCC1=NNC(N)=S. The van der Waals surface area contributed by atoms with E-state index >= 15 is 0 Å². The van der Waals surface area contributed by atoms with Gasteiger partial charge in [-0.05, 0) is 50.1 Å². The van der Waals surface area contributed by atoms with Crippen LogP contribution in [0.15, 0.2) is 10.2 Å². The molecule has 0 aromatic rings. The largest absolute Gasteiger partial charge is 0.375 e. The van der Waals surface area contributed by atoms with Gasteiger partial charge in [0, 0.05) is 0 Å². The summed E-state index contributed by atoms with van der Waals surface area (Å²) >= 11 is 9.34. The van der Waals surface area contributed by atoms with Gasteiger partial charge in [0.15, 0.2) is 10.2 Å². The van der Waals surface area contributed by atoms with Crippen LogP contribution < -0.4 is 22.3 Å². The molecule has 0 unspecified atom stereocenters. The number of hydrogen-bond donors (Lipinski definition) is 4. The first-order valence-electron chi connectivity index (χ1n) is 4.84. The second-order valence-corrected chi connectivity index (χ2v) is 4.16. The fourth-order valence-electron chi connectivity index (χ4n) is 1.36. The van der Waals surface area contributed by atoms with Gasteiger partial charge < -0.3 is 11.5 Å². The van der Waals surface area contributed by atoms with E-state index in [1.807, 2.05) is 0 Å². The lowest BCUT2D eigenvalue weighted by Gasteiger charge is -2.15. The molecule has 1 fully saturated rings. The highest BCUT2D eigenvalue weighted by Crippen LogP contribution is 2.12. The number of hydrogen-bond acceptors (Lipinski definition) is 4. The Balaban J connectivity index is 2.70. The van der Waals surface area contributed by atoms with Crippen molar-refractivity contribution in [1.82, 2.24) is 10.9 Å². The molecule has 0 radical (unpaired) electrons. The Morgan fingerprint density at radius 3 is 1.62 bits per heavy atom. The third-order valence-corrected chi connectivity index (χ3v) is 2.19. The molecule has 0 aromatic heterocycles. The number of hydrazone groups is 2. The molecule has 1 rings (SSSR count). The van der Waals surface area contributed by atoms with E-state index in [-0.39, 0.29) is 10.2 Å². The van der Waals surface area contributed by atoms with E-state index in [4.69, 9.17) is 11.5 Å². The summed E-state index contributed by atoms with van der Waals surface area (Å²) in [4.78, 5) is 0. The number of nitrogens with zero attached hydrogens (tertiary/aromatic N) is 2. The van der Waals surface area contributed by atoms with Crippen LogP contribution in [0.2, 0.25) is 0 Å². The fraction of sp³-hybridized carbons (Fsp3) is 0.500. The standard InChI is InChI=1S/C8H14N6S2/c9-7(15)13-11-5-3-1-2-4-6(5)12-14-8(10)16/h1-4H2,(H3,9,13,15)(H3,10,14,16).